The van der Waals surface area contributed by atoms with Crippen molar-refractivity contribution in [1.82, 2.24) is 20.0 Å². The quantitative estimate of drug-likeness (QED) is 0.843. The lowest BCUT2D eigenvalue weighted by atomic mass is 10.2. The summed E-state index contributed by atoms with van der Waals surface area (Å²) in [6.45, 7) is 7.89. The summed E-state index contributed by atoms with van der Waals surface area (Å²) >= 11 is 5.67. The van der Waals surface area contributed by atoms with Crippen molar-refractivity contribution < 1.29 is 4.79 Å². The van der Waals surface area contributed by atoms with Gasteiger partial charge in [0, 0.05) is 19.1 Å². The molecule has 1 saturated heterocycles. The van der Waals surface area contributed by atoms with E-state index >= 15 is 0 Å². The Kier molecular flexibility index (Phi) is 4.71. The number of likely N-dealkylation sites (tertiary alicyclic amines) is 1. The minimum atomic E-state index is -0.0566. The standard InChI is InChI=1S/C13H19ClN4O/c1-3-17(4-2)10-7-8-18(9-10)13(19)11-5-6-12(14)16-15-11/h5-6,10H,3-4,7-9H2,1-2H3. The second-order valence-electron chi connectivity index (χ2n) is 4.66. The second-order valence-corrected chi connectivity index (χ2v) is 5.04. The first-order valence-corrected chi connectivity index (χ1v) is 7.06. The van der Waals surface area contributed by atoms with E-state index in [1.807, 2.05) is 4.90 Å². The molecule has 1 atom stereocenters. The fraction of sp³-hybridized carbons (Fsp3) is 0.615. The molecule has 0 spiro atoms. The molecule has 1 aromatic heterocycles. The number of aromatic nitrogens is 2. The molecule has 0 aliphatic carbocycles. The molecule has 2 rings (SSSR count). The van der Waals surface area contributed by atoms with Gasteiger partial charge in [0.05, 0.1) is 0 Å². The van der Waals surface area contributed by atoms with Crippen LogP contribution in [0.25, 0.3) is 0 Å². The molecule has 0 bridgehead atoms. The second kappa shape index (κ2) is 6.30. The molecule has 6 heteroatoms. The van der Waals surface area contributed by atoms with Gasteiger partial charge in [0.2, 0.25) is 0 Å². The largest absolute Gasteiger partial charge is 0.336 e. The van der Waals surface area contributed by atoms with Gasteiger partial charge in [-0.25, -0.2) is 0 Å². The van der Waals surface area contributed by atoms with E-state index in [-0.39, 0.29) is 5.91 Å². The third-order valence-corrected chi connectivity index (χ3v) is 3.83. The van der Waals surface area contributed by atoms with Gasteiger partial charge >= 0.3 is 0 Å². The van der Waals surface area contributed by atoms with Crippen molar-refractivity contribution >= 4 is 17.5 Å². The van der Waals surface area contributed by atoms with Crippen LogP contribution in [0, 0.1) is 0 Å². The molecule has 19 heavy (non-hydrogen) atoms. The van der Waals surface area contributed by atoms with E-state index in [2.05, 4.69) is 28.9 Å². The summed E-state index contributed by atoms with van der Waals surface area (Å²) in [4.78, 5) is 16.5. The Bertz CT molecular complexity index is 433. The van der Waals surface area contributed by atoms with Gasteiger partial charge in [-0.05, 0) is 31.6 Å². The van der Waals surface area contributed by atoms with Crippen LogP contribution in [-0.4, -0.2) is 58.1 Å². The number of likely N-dealkylation sites (N-methyl/N-ethyl adjacent to an activating group) is 1. The lowest BCUT2D eigenvalue weighted by Gasteiger charge is -2.25. The highest BCUT2D eigenvalue weighted by molar-refractivity contribution is 6.29. The van der Waals surface area contributed by atoms with Gasteiger partial charge in [-0.2, -0.15) is 0 Å². The molecule has 0 saturated carbocycles. The minimum absolute atomic E-state index is 0.0566. The zero-order valence-electron chi connectivity index (χ0n) is 11.3. The SMILES string of the molecule is CCN(CC)C1CCN(C(=O)c2ccc(Cl)nn2)C1. The third kappa shape index (κ3) is 3.22. The summed E-state index contributed by atoms with van der Waals surface area (Å²) in [6.07, 6.45) is 1.02. The monoisotopic (exact) mass is 282 g/mol. The molecule has 1 aromatic rings. The molecule has 0 radical (unpaired) electrons. The molecule has 5 nitrogen and oxygen atoms in total. The van der Waals surface area contributed by atoms with Crippen LogP contribution >= 0.6 is 11.6 Å². The normalized spacial score (nSPS) is 19.2. The first kappa shape index (κ1) is 14.2. The summed E-state index contributed by atoms with van der Waals surface area (Å²) < 4.78 is 0. The number of carbonyl (C=O) groups excluding carboxylic acids is 1. The van der Waals surface area contributed by atoms with Gasteiger partial charge in [0.25, 0.3) is 5.91 Å². The number of nitrogens with zero attached hydrogens (tertiary/aromatic N) is 4. The first-order valence-electron chi connectivity index (χ1n) is 6.68. The van der Waals surface area contributed by atoms with E-state index in [4.69, 9.17) is 11.6 Å². The van der Waals surface area contributed by atoms with Crippen molar-refractivity contribution in [2.24, 2.45) is 0 Å². The van der Waals surface area contributed by atoms with Crippen LogP contribution in [0.2, 0.25) is 5.15 Å². The molecular weight excluding hydrogens is 264 g/mol. The highest BCUT2D eigenvalue weighted by Crippen LogP contribution is 2.17. The van der Waals surface area contributed by atoms with Gasteiger partial charge in [-0.15, -0.1) is 10.2 Å². The molecule has 2 heterocycles. The molecule has 1 fully saturated rings. The van der Waals surface area contributed by atoms with Crippen LogP contribution in [-0.2, 0) is 0 Å². The molecule has 1 aliphatic rings. The molecular formula is C13H19ClN4O. The summed E-state index contributed by atoms with van der Waals surface area (Å²) in [5, 5.41) is 7.87. The number of carbonyl (C=O) groups is 1. The molecule has 0 aromatic carbocycles. The van der Waals surface area contributed by atoms with Gasteiger partial charge in [-0.3, -0.25) is 9.69 Å². The Labute approximate surface area is 118 Å². The van der Waals surface area contributed by atoms with Crippen molar-refractivity contribution in [3.63, 3.8) is 0 Å². The van der Waals surface area contributed by atoms with E-state index in [0.717, 1.165) is 32.6 Å². The van der Waals surface area contributed by atoms with E-state index < -0.39 is 0 Å². The maximum Gasteiger partial charge on any atom is 0.274 e. The van der Waals surface area contributed by atoms with Crippen molar-refractivity contribution in [3.05, 3.63) is 23.0 Å². The lowest BCUT2D eigenvalue weighted by Crippen LogP contribution is -2.38. The summed E-state index contributed by atoms with van der Waals surface area (Å²) in [5.41, 5.74) is 0.365. The van der Waals surface area contributed by atoms with Gasteiger partial charge in [0.1, 0.15) is 0 Å². The van der Waals surface area contributed by atoms with Crippen LogP contribution in [0.5, 0.6) is 0 Å². The van der Waals surface area contributed by atoms with Crippen LogP contribution < -0.4 is 0 Å². The zero-order valence-corrected chi connectivity index (χ0v) is 12.1. The van der Waals surface area contributed by atoms with Gasteiger partial charge in [0.15, 0.2) is 10.8 Å². The predicted molar refractivity (Wildman–Crippen MR) is 74.3 cm³/mol. The minimum Gasteiger partial charge on any atom is -0.336 e. The Morgan fingerprint density at radius 3 is 2.74 bits per heavy atom. The average Bonchev–Trinajstić information content (AvgIpc) is 2.90. The smallest absolute Gasteiger partial charge is 0.274 e. The molecule has 1 aliphatic heterocycles. The number of halogens is 1. The molecule has 1 amide bonds. The van der Waals surface area contributed by atoms with Crippen molar-refractivity contribution in [1.29, 1.82) is 0 Å². The Morgan fingerprint density at radius 1 is 1.42 bits per heavy atom. The first-order chi connectivity index (χ1) is 9.15. The lowest BCUT2D eigenvalue weighted by molar-refractivity contribution is 0.0771. The van der Waals surface area contributed by atoms with Gasteiger partial charge in [-0.1, -0.05) is 25.4 Å². The highest BCUT2D eigenvalue weighted by atomic mass is 35.5. The molecule has 104 valence electrons. The number of hydrogen-bond donors (Lipinski definition) is 0. The van der Waals surface area contributed by atoms with Crippen LogP contribution in [0.15, 0.2) is 12.1 Å². The van der Waals surface area contributed by atoms with Crippen LogP contribution in [0.4, 0.5) is 0 Å². The fourth-order valence-electron chi connectivity index (χ4n) is 2.56. The zero-order chi connectivity index (χ0) is 13.8. The Balaban J connectivity index is 2.00. The summed E-state index contributed by atoms with van der Waals surface area (Å²) in [5.74, 6) is -0.0566. The van der Waals surface area contributed by atoms with E-state index in [1.54, 1.807) is 12.1 Å². The summed E-state index contributed by atoms with van der Waals surface area (Å²) in [6, 6.07) is 3.68. The van der Waals surface area contributed by atoms with Crippen molar-refractivity contribution in [2.75, 3.05) is 26.2 Å². The molecule has 1 unspecified atom stereocenters. The maximum atomic E-state index is 12.3. The topological polar surface area (TPSA) is 49.3 Å². The maximum absolute atomic E-state index is 12.3. The van der Waals surface area contributed by atoms with E-state index in [1.165, 1.54) is 0 Å². The highest BCUT2D eigenvalue weighted by Gasteiger charge is 2.30. The van der Waals surface area contributed by atoms with Crippen molar-refractivity contribution in [3.8, 4) is 0 Å². The number of hydrogen-bond acceptors (Lipinski definition) is 4. The van der Waals surface area contributed by atoms with Crippen LogP contribution in [0.3, 0.4) is 0 Å². The van der Waals surface area contributed by atoms with E-state index in [9.17, 15) is 4.79 Å². The van der Waals surface area contributed by atoms with Gasteiger partial charge < -0.3 is 4.90 Å². The summed E-state index contributed by atoms with van der Waals surface area (Å²) in [7, 11) is 0. The van der Waals surface area contributed by atoms with Crippen molar-refractivity contribution in [2.45, 2.75) is 26.3 Å². The Morgan fingerprint density at radius 2 is 2.16 bits per heavy atom. The van der Waals surface area contributed by atoms with Crippen LogP contribution in [0.1, 0.15) is 30.8 Å². The third-order valence-electron chi connectivity index (χ3n) is 3.63. The Hall–Kier alpha value is -1.20. The number of rotatable bonds is 4. The average molecular weight is 283 g/mol. The fourth-order valence-corrected chi connectivity index (χ4v) is 2.66. The number of amides is 1. The predicted octanol–water partition coefficient (Wildman–Crippen LogP) is 1.69. The van der Waals surface area contributed by atoms with E-state index in [0.29, 0.717) is 16.9 Å². The molecule has 0 N–H and O–H groups in total.